The second kappa shape index (κ2) is 4.28. The molecule has 0 saturated heterocycles. The number of rotatable bonds is 1. The van der Waals surface area contributed by atoms with Crippen molar-refractivity contribution in [1.82, 2.24) is 0 Å². The molecule has 1 amide bonds. The van der Waals surface area contributed by atoms with Crippen molar-refractivity contribution in [3.05, 3.63) is 47.2 Å². The van der Waals surface area contributed by atoms with Gasteiger partial charge in [0.1, 0.15) is 5.76 Å². The van der Waals surface area contributed by atoms with Crippen LogP contribution in [0.3, 0.4) is 0 Å². The summed E-state index contributed by atoms with van der Waals surface area (Å²) in [4.78, 5) is 23.0. The molecule has 5 heteroatoms. The molecule has 5 nitrogen and oxygen atoms in total. The van der Waals surface area contributed by atoms with E-state index in [2.05, 4.69) is 5.32 Å². The molecular formula is C14H12N2O3. The Morgan fingerprint density at radius 2 is 2.21 bits per heavy atom. The number of nitrogens with two attached hydrogens (primary N) is 1. The minimum Gasteiger partial charge on any atom is -0.455 e. The van der Waals surface area contributed by atoms with Crippen LogP contribution in [0.1, 0.15) is 16.8 Å². The van der Waals surface area contributed by atoms with Gasteiger partial charge in [0.2, 0.25) is 5.91 Å². The van der Waals surface area contributed by atoms with Crippen LogP contribution in [0.25, 0.3) is 0 Å². The Labute approximate surface area is 109 Å². The van der Waals surface area contributed by atoms with Gasteiger partial charge in [-0.2, -0.15) is 0 Å². The van der Waals surface area contributed by atoms with Crippen molar-refractivity contribution in [2.45, 2.75) is 6.42 Å². The number of ketones is 1. The minimum atomic E-state index is -0.498. The molecule has 0 atom stereocenters. The summed E-state index contributed by atoms with van der Waals surface area (Å²) in [5.74, 6) is 0.694. The SMILES string of the molecule is NC(=O)c1ccc2c(c1)NCC1=C(C=CCC1=O)O2. The van der Waals surface area contributed by atoms with E-state index in [0.29, 0.717) is 41.3 Å². The van der Waals surface area contributed by atoms with Crippen molar-refractivity contribution >= 4 is 17.4 Å². The highest BCUT2D eigenvalue weighted by molar-refractivity contribution is 6.00. The summed E-state index contributed by atoms with van der Waals surface area (Å²) in [5.41, 5.74) is 6.92. The molecule has 1 aliphatic carbocycles. The van der Waals surface area contributed by atoms with Crippen LogP contribution in [0.15, 0.2) is 41.7 Å². The lowest BCUT2D eigenvalue weighted by Gasteiger charge is -2.11. The molecule has 2 aliphatic rings. The maximum Gasteiger partial charge on any atom is 0.248 e. The highest BCUT2D eigenvalue weighted by Crippen LogP contribution is 2.32. The number of benzene rings is 1. The zero-order valence-electron chi connectivity index (χ0n) is 10.1. The van der Waals surface area contributed by atoms with Gasteiger partial charge in [0.05, 0.1) is 11.3 Å². The Morgan fingerprint density at radius 1 is 1.37 bits per heavy atom. The molecule has 3 N–H and O–H groups in total. The predicted molar refractivity (Wildman–Crippen MR) is 69.9 cm³/mol. The molecule has 1 aromatic rings. The standard InChI is InChI=1S/C14H12N2O3/c15-14(18)8-4-5-13-10(6-8)16-7-9-11(17)2-1-3-12(9)19-13/h1,3-6,16H,2,7H2,(H2,15,18). The first-order valence-electron chi connectivity index (χ1n) is 5.93. The topological polar surface area (TPSA) is 81.4 Å². The van der Waals surface area contributed by atoms with Crippen LogP contribution >= 0.6 is 0 Å². The van der Waals surface area contributed by atoms with Crippen LogP contribution in [0.2, 0.25) is 0 Å². The van der Waals surface area contributed by atoms with Gasteiger partial charge in [0.15, 0.2) is 11.5 Å². The summed E-state index contributed by atoms with van der Waals surface area (Å²) in [7, 11) is 0. The second-order valence-corrected chi connectivity index (χ2v) is 4.40. The Kier molecular flexibility index (Phi) is 2.59. The number of amides is 1. The van der Waals surface area contributed by atoms with E-state index in [-0.39, 0.29) is 5.78 Å². The van der Waals surface area contributed by atoms with E-state index in [0.717, 1.165) is 0 Å². The number of ether oxygens (including phenoxy) is 1. The fraction of sp³-hybridized carbons (Fsp3) is 0.143. The van der Waals surface area contributed by atoms with E-state index in [9.17, 15) is 9.59 Å². The fourth-order valence-electron chi connectivity index (χ4n) is 2.13. The highest BCUT2D eigenvalue weighted by Gasteiger charge is 2.23. The number of primary amides is 1. The summed E-state index contributed by atoms with van der Waals surface area (Å²) in [5, 5.41) is 3.10. The van der Waals surface area contributed by atoms with Crippen LogP contribution in [0.5, 0.6) is 5.75 Å². The van der Waals surface area contributed by atoms with Gasteiger partial charge in [-0.25, -0.2) is 0 Å². The summed E-state index contributed by atoms with van der Waals surface area (Å²) in [6, 6.07) is 4.90. The quantitative estimate of drug-likeness (QED) is 0.795. The van der Waals surface area contributed by atoms with Crippen molar-refractivity contribution in [2.24, 2.45) is 5.73 Å². The van der Waals surface area contributed by atoms with E-state index in [4.69, 9.17) is 10.5 Å². The molecule has 0 bridgehead atoms. The maximum atomic E-state index is 11.8. The number of allylic oxidation sites excluding steroid dienone is 2. The number of fused-ring (bicyclic) bond motifs is 1. The molecule has 0 radical (unpaired) electrons. The Hall–Kier alpha value is -2.56. The molecule has 0 spiro atoms. The van der Waals surface area contributed by atoms with Crippen LogP contribution in [-0.2, 0) is 4.79 Å². The molecular weight excluding hydrogens is 244 g/mol. The zero-order valence-corrected chi connectivity index (χ0v) is 10.1. The third-order valence-electron chi connectivity index (χ3n) is 3.15. The average molecular weight is 256 g/mol. The molecule has 1 aromatic carbocycles. The van der Waals surface area contributed by atoms with Crippen molar-refractivity contribution in [1.29, 1.82) is 0 Å². The summed E-state index contributed by atoms with van der Waals surface area (Å²) in [6.45, 7) is 0.383. The number of hydrogen-bond acceptors (Lipinski definition) is 4. The Balaban J connectivity index is 2.00. The third-order valence-corrected chi connectivity index (χ3v) is 3.15. The molecule has 1 heterocycles. The van der Waals surface area contributed by atoms with Gasteiger partial charge in [-0.05, 0) is 24.3 Å². The monoisotopic (exact) mass is 256 g/mol. The smallest absolute Gasteiger partial charge is 0.248 e. The molecule has 3 rings (SSSR count). The van der Waals surface area contributed by atoms with Crippen molar-refractivity contribution in [3.8, 4) is 5.75 Å². The first-order chi connectivity index (χ1) is 9.15. The molecule has 0 saturated carbocycles. The van der Waals surface area contributed by atoms with E-state index < -0.39 is 5.91 Å². The predicted octanol–water partition coefficient (Wildman–Crippen LogP) is 1.37. The minimum absolute atomic E-state index is 0.0490. The lowest BCUT2D eigenvalue weighted by atomic mass is 10.0. The Morgan fingerprint density at radius 3 is 3.00 bits per heavy atom. The van der Waals surface area contributed by atoms with Crippen molar-refractivity contribution < 1.29 is 14.3 Å². The van der Waals surface area contributed by atoms with Crippen molar-refractivity contribution in [3.63, 3.8) is 0 Å². The molecule has 0 fully saturated rings. The highest BCUT2D eigenvalue weighted by atomic mass is 16.5. The zero-order chi connectivity index (χ0) is 13.4. The summed E-state index contributed by atoms with van der Waals surface area (Å²) in [6.07, 6.45) is 3.98. The lowest BCUT2D eigenvalue weighted by Crippen LogP contribution is -2.16. The number of carbonyl (C=O) groups excluding carboxylic acids is 2. The van der Waals surface area contributed by atoms with Gasteiger partial charge >= 0.3 is 0 Å². The molecule has 96 valence electrons. The van der Waals surface area contributed by atoms with Gasteiger partial charge in [-0.15, -0.1) is 0 Å². The molecule has 1 aliphatic heterocycles. The van der Waals surface area contributed by atoms with E-state index in [1.54, 1.807) is 30.4 Å². The molecule has 0 aromatic heterocycles. The second-order valence-electron chi connectivity index (χ2n) is 4.40. The van der Waals surface area contributed by atoms with E-state index in [1.807, 2.05) is 0 Å². The van der Waals surface area contributed by atoms with Crippen LogP contribution in [0, 0.1) is 0 Å². The van der Waals surface area contributed by atoms with Gasteiger partial charge < -0.3 is 15.8 Å². The summed E-state index contributed by atoms with van der Waals surface area (Å²) < 4.78 is 5.72. The van der Waals surface area contributed by atoms with E-state index in [1.165, 1.54) is 0 Å². The lowest BCUT2D eigenvalue weighted by molar-refractivity contribution is -0.115. The van der Waals surface area contributed by atoms with Crippen LogP contribution in [-0.4, -0.2) is 18.2 Å². The van der Waals surface area contributed by atoms with E-state index >= 15 is 0 Å². The van der Waals surface area contributed by atoms with Crippen LogP contribution in [0.4, 0.5) is 5.69 Å². The number of nitrogens with one attached hydrogen (secondary N) is 1. The maximum absolute atomic E-state index is 11.8. The normalized spacial score (nSPS) is 16.9. The number of hydrogen-bond donors (Lipinski definition) is 2. The fourth-order valence-corrected chi connectivity index (χ4v) is 2.13. The van der Waals surface area contributed by atoms with Gasteiger partial charge in [-0.3, -0.25) is 9.59 Å². The van der Waals surface area contributed by atoms with Crippen molar-refractivity contribution in [2.75, 3.05) is 11.9 Å². The average Bonchev–Trinajstić information content (AvgIpc) is 2.57. The number of anilines is 1. The molecule has 0 unspecified atom stereocenters. The first kappa shape index (κ1) is 11.5. The molecule has 19 heavy (non-hydrogen) atoms. The van der Waals surface area contributed by atoms with Gasteiger partial charge in [-0.1, -0.05) is 6.08 Å². The van der Waals surface area contributed by atoms with Gasteiger partial charge in [0, 0.05) is 18.5 Å². The third kappa shape index (κ3) is 1.99. The van der Waals surface area contributed by atoms with Gasteiger partial charge in [0.25, 0.3) is 0 Å². The van der Waals surface area contributed by atoms with Crippen LogP contribution < -0.4 is 15.8 Å². The largest absolute Gasteiger partial charge is 0.455 e. The number of carbonyl (C=O) groups is 2. The Bertz CT molecular complexity index is 644. The summed E-state index contributed by atoms with van der Waals surface area (Å²) >= 11 is 0. The first-order valence-corrected chi connectivity index (χ1v) is 5.93. The number of Topliss-reactive ketones (excluding diaryl/α,β-unsaturated/α-hetero) is 1.